The van der Waals surface area contributed by atoms with Crippen molar-refractivity contribution in [1.29, 1.82) is 0 Å². The van der Waals surface area contributed by atoms with Gasteiger partial charge in [-0.2, -0.15) is 0 Å². The number of primary amides is 1. The average molecular weight is 286 g/mol. The number of aromatic carboxylic acids is 1. The van der Waals surface area contributed by atoms with E-state index in [1.165, 1.54) is 25.1 Å². The van der Waals surface area contributed by atoms with Gasteiger partial charge in [0.15, 0.2) is 0 Å². The summed E-state index contributed by atoms with van der Waals surface area (Å²) in [5.74, 6) is -1.81. The number of carbonyl (C=O) groups is 3. The number of halogens is 1. The van der Waals surface area contributed by atoms with Gasteiger partial charge in [-0.05, 0) is 25.1 Å². The number of rotatable bonds is 4. The second-order valence-corrected chi connectivity index (χ2v) is 4.15. The Morgan fingerprint density at radius 2 is 2.00 bits per heavy atom. The van der Waals surface area contributed by atoms with Crippen molar-refractivity contribution in [3.05, 3.63) is 28.8 Å². The number of hydrogen-bond acceptors (Lipinski definition) is 3. The Bertz CT molecular complexity index is 533. The summed E-state index contributed by atoms with van der Waals surface area (Å²) in [6.45, 7) is 1.41. The largest absolute Gasteiger partial charge is 0.478 e. The molecule has 0 fully saturated rings. The van der Waals surface area contributed by atoms with E-state index in [4.69, 9.17) is 22.4 Å². The van der Waals surface area contributed by atoms with Crippen LogP contribution in [-0.2, 0) is 4.79 Å². The van der Waals surface area contributed by atoms with Crippen LogP contribution in [0.15, 0.2) is 18.2 Å². The summed E-state index contributed by atoms with van der Waals surface area (Å²) in [7, 11) is 0. The zero-order valence-electron chi connectivity index (χ0n) is 9.94. The molecule has 1 aromatic rings. The molecule has 1 rings (SSSR count). The molecule has 0 bridgehead atoms. The van der Waals surface area contributed by atoms with Crippen molar-refractivity contribution in [2.24, 2.45) is 5.73 Å². The van der Waals surface area contributed by atoms with Crippen molar-refractivity contribution in [3.63, 3.8) is 0 Å². The zero-order chi connectivity index (χ0) is 14.6. The minimum Gasteiger partial charge on any atom is -0.478 e. The van der Waals surface area contributed by atoms with Crippen LogP contribution in [0.3, 0.4) is 0 Å². The van der Waals surface area contributed by atoms with Gasteiger partial charge in [0.05, 0.1) is 11.3 Å². The van der Waals surface area contributed by atoms with Crippen molar-refractivity contribution in [1.82, 2.24) is 5.32 Å². The Morgan fingerprint density at radius 1 is 1.37 bits per heavy atom. The molecule has 8 heteroatoms. The normalized spacial score (nSPS) is 11.5. The van der Waals surface area contributed by atoms with Crippen molar-refractivity contribution in [3.8, 4) is 0 Å². The molecule has 1 atom stereocenters. The van der Waals surface area contributed by atoms with Gasteiger partial charge in [0.25, 0.3) is 0 Å². The third kappa shape index (κ3) is 4.14. The number of carboxylic acid groups (broad SMARTS) is 1. The van der Waals surface area contributed by atoms with Crippen LogP contribution in [0.2, 0.25) is 5.02 Å². The molecule has 3 amide bonds. The van der Waals surface area contributed by atoms with Gasteiger partial charge in [0.2, 0.25) is 5.91 Å². The fourth-order valence-electron chi connectivity index (χ4n) is 1.33. The maximum atomic E-state index is 11.7. The van der Waals surface area contributed by atoms with E-state index in [9.17, 15) is 14.4 Å². The molecule has 0 saturated heterocycles. The molecular formula is C11H12ClN3O4. The van der Waals surface area contributed by atoms with E-state index in [-0.39, 0.29) is 16.3 Å². The molecule has 0 aliphatic heterocycles. The first-order chi connectivity index (χ1) is 8.81. The number of benzene rings is 1. The highest BCUT2D eigenvalue weighted by Crippen LogP contribution is 2.21. The number of carboxylic acids is 1. The quantitative estimate of drug-likeness (QED) is 0.660. The third-order valence-electron chi connectivity index (χ3n) is 2.22. The molecule has 7 nitrogen and oxygen atoms in total. The van der Waals surface area contributed by atoms with Gasteiger partial charge in [0, 0.05) is 5.02 Å². The predicted molar refractivity (Wildman–Crippen MR) is 69.2 cm³/mol. The van der Waals surface area contributed by atoms with Crippen molar-refractivity contribution in [2.45, 2.75) is 13.0 Å². The molecule has 0 aliphatic rings. The standard InChI is InChI=1S/C11H12ClN3O4/c1-5(14-11(13)19)9(16)15-8-4-6(12)2-3-7(8)10(17)18/h2-5H,1H3,(H,15,16)(H,17,18)(H3,13,14,19). The summed E-state index contributed by atoms with van der Waals surface area (Å²) in [4.78, 5) is 33.3. The van der Waals surface area contributed by atoms with Gasteiger partial charge in [0.1, 0.15) is 6.04 Å². The number of carbonyl (C=O) groups excluding carboxylic acids is 2. The number of anilines is 1. The van der Waals surface area contributed by atoms with E-state index in [1.807, 2.05) is 0 Å². The molecule has 5 N–H and O–H groups in total. The van der Waals surface area contributed by atoms with Crippen LogP contribution in [0.1, 0.15) is 17.3 Å². The topological polar surface area (TPSA) is 122 Å². The lowest BCUT2D eigenvalue weighted by Crippen LogP contribution is -2.44. The molecule has 19 heavy (non-hydrogen) atoms. The Hall–Kier alpha value is -2.28. The van der Waals surface area contributed by atoms with Crippen LogP contribution >= 0.6 is 11.6 Å². The van der Waals surface area contributed by atoms with E-state index >= 15 is 0 Å². The zero-order valence-corrected chi connectivity index (χ0v) is 10.7. The van der Waals surface area contributed by atoms with Gasteiger partial charge in [-0.15, -0.1) is 0 Å². The van der Waals surface area contributed by atoms with E-state index < -0.39 is 23.9 Å². The molecular weight excluding hydrogens is 274 g/mol. The lowest BCUT2D eigenvalue weighted by Gasteiger charge is -2.14. The second kappa shape index (κ2) is 6.05. The minimum atomic E-state index is -1.21. The van der Waals surface area contributed by atoms with E-state index in [0.29, 0.717) is 0 Å². The Labute approximate surface area is 113 Å². The smallest absolute Gasteiger partial charge is 0.337 e. The molecule has 0 heterocycles. The first-order valence-electron chi connectivity index (χ1n) is 5.21. The molecule has 0 spiro atoms. The Morgan fingerprint density at radius 3 is 2.53 bits per heavy atom. The lowest BCUT2D eigenvalue weighted by molar-refractivity contribution is -0.117. The molecule has 1 aromatic carbocycles. The van der Waals surface area contributed by atoms with Crippen LogP contribution < -0.4 is 16.4 Å². The number of urea groups is 1. The van der Waals surface area contributed by atoms with Crippen LogP contribution in [-0.4, -0.2) is 29.1 Å². The number of amides is 3. The highest BCUT2D eigenvalue weighted by Gasteiger charge is 2.18. The average Bonchev–Trinajstić information content (AvgIpc) is 2.27. The summed E-state index contributed by atoms with van der Waals surface area (Å²) in [5.41, 5.74) is 4.82. The van der Waals surface area contributed by atoms with Crippen LogP contribution in [0.4, 0.5) is 10.5 Å². The van der Waals surface area contributed by atoms with Crippen molar-refractivity contribution in [2.75, 3.05) is 5.32 Å². The van der Waals surface area contributed by atoms with Gasteiger partial charge < -0.3 is 21.5 Å². The van der Waals surface area contributed by atoms with E-state index in [1.54, 1.807) is 0 Å². The van der Waals surface area contributed by atoms with E-state index in [0.717, 1.165) is 0 Å². The molecule has 0 saturated carbocycles. The number of nitrogens with two attached hydrogens (primary N) is 1. The summed E-state index contributed by atoms with van der Waals surface area (Å²) in [5, 5.41) is 13.8. The molecule has 1 unspecified atom stereocenters. The Balaban J connectivity index is 2.92. The first-order valence-corrected chi connectivity index (χ1v) is 5.58. The second-order valence-electron chi connectivity index (χ2n) is 3.71. The predicted octanol–water partition coefficient (Wildman–Crippen LogP) is 1.03. The molecule has 0 aliphatic carbocycles. The van der Waals surface area contributed by atoms with Gasteiger partial charge in [-0.25, -0.2) is 9.59 Å². The lowest BCUT2D eigenvalue weighted by atomic mass is 10.1. The Kier molecular flexibility index (Phi) is 4.71. The van der Waals surface area contributed by atoms with Gasteiger partial charge in [-0.3, -0.25) is 4.79 Å². The molecule has 0 radical (unpaired) electrons. The maximum Gasteiger partial charge on any atom is 0.337 e. The minimum absolute atomic E-state index is 0.0446. The van der Waals surface area contributed by atoms with Crippen molar-refractivity contribution >= 4 is 35.2 Å². The van der Waals surface area contributed by atoms with Crippen molar-refractivity contribution < 1.29 is 19.5 Å². The van der Waals surface area contributed by atoms with Gasteiger partial charge in [-0.1, -0.05) is 11.6 Å². The summed E-state index contributed by atoms with van der Waals surface area (Å²) >= 11 is 5.73. The fourth-order valence-corrected chi connectivity index (χ4v) is 1.50. The highest BCUT2D eigenvalue weighted by atomic mass is 35.5. The van der Waals surface area contributed by atoms with Crippen LogP contribution in [0.5, 0.6) is 0 Å². The summed E-state index contributed by atoms with van der Waals surface area (Å²) in [6.07, 6.45) is 0. The fraction of sp³-hybridized carbons (Fsp3) is 0.182. The molecule has 0 aromatic heterocycles. The number of nitrogens with one attached hydrogen (secondary N) is 2. The van der Waals surface area contributed by atoms with Crippen LogP contribution in [0.25, 0.3) is 0 Å². The SMILES string of the molecule is CC(NC(N)=O)C(=O)Nc1cc(Cl)ccc1C(=O)O. The first kappa shape index (κ1) is 14.8. The molecule has 102 valence electrons. The number of hydrogen-bond donors (Lipinski definition) is 4. The third-order valence-corrected chi connectivity index (χ3v) is 2.46. The summed E-state index contributed by atoms with van der Waals surface area (Å²) < 4.78 is 0. The maximum absolute atomic E-state index is 11.7. The van der Waals surface area contributed by atoms with Crippen LogP contribution in [0, 0.1) is 0 Å². The monoisotopic (exact) mass is 285 g/mol. The van der Waals surface area contributed by atoms with E-state index in [2.05, 4.69) is 10.6 Å². The van der Waals surface area contributed by atoms with Gasteiger partial charge >= 0.3 is 12.0 Å². The summed E-state index contributed by atoms with van der Waals surface area (Å²) in [6, 6.07) is 2.21. The highest BCUT2D eigenvalue weighted by molar-refractivity contribution is 6.31.